The van der Waals surface area contributed by atoms with Crippen molar-refractivity contribution in [1.82, 2.24) is 9.78 Å². The number of nitrogens with zero attached hydrogens (tertiary/aromatic N) is 2. The molecule has 0 saturated carbocycles. The summed E-state index contributed by atoms with van der Waals surface area (Å²) in [5, 5.41) is 3.88. The number of furan rings is 1. The number of carbonyl (C=O) groups excluding carboxylic acids is 1. The molecular formula is C18H12F4N2O3. The predicted molar refractivity (Wildman–Crippen MR) is 85.9 cm³/mol. The maximum Gasteiger partial charge on any atom is 0.203 e. The highest BCUT2D eigenvalue weighted by Gasteiger charge is 2.21. The lowest BCUT2D eigenvalue weighted by molar-refractivity contribution is 0.104. The minimum Gasteiger partial charge on any atom is -0.479 e. The van der Waals surface area contributed by atoms with E-state index in [0.29, 0.717) is 5.56 Å². The average molecular weight is 380 g/mol. The van der Waals surface area contributed by atoms with Gasteiger partial charge in [0.15, 0.2) is 23.2 Å². The molecule has 0 aliphatic rings. The molecule has 0 amide bonds. The molecule has 0 fully saturated rings. The molecule has 0 radical (unpaired) electrons. The lowest BCUT2D eigenvalue weighted by Crippen LogP contribution is -2.03. The lowest BCUT2D eigenvalue weighted by Gasteiger charge is -2.08. The molecule has 3 rings (SSSR count). The summed E-state index contributed by atoms with van der Waals surface area (Å²) in [6, 6.07) is 3.01. The van der Waals surface area contributed by atoms with Crippen molar-refractivity contribution < 1.29 is 31.5 Å². The molecule has 3 aromatic rings. The van der Waals surface area contributed by atoms with Crippen molar-refractivity contribution in [3.05, 3.63) is 77.0 Å². The van der Waals surface area contributed by atoms with Gasteiger partial charge in [0.1, 0.15) is 18.1 Å². The van der Waals surface area contributed by atoms with Gasteiger partial charge in [-0.3, -0.25) is 9.48 Å². The minimum absolute atomic E-state index is 0.0899. The van der Waals surface area contributed by atoms with Gasteiger partial charge < -0.3 is 9.15 Å². The molecule has 0 bridgehead atoms. The fourth-order valence-corrected chi connectivity index (χ4v) is 2.19. The van der Waals surface area contributed by atoms with Gasteiger partial charge in [0.2, 0.25) is 11.6 Å². The SMILES string of the molecule is Cn1cc(C(=O)/C=C/c2ccc(COc3c(F)c(F)cc(F)c3F)o2)cn1. The third kappa shape index (κ3) is 4.08. The second-order valence-corrected chi connectivity index (χ2v) is 5.49. The number of ketones is 1. The van der Waals surface area contributed by atoms with E-state index in [2.05, 4.69) is 5.10 Å². The number of aromatic nitrogens is 2. The Morgan fingerprint density at radius 3 is 2.56 bits per heavy atom. The number of benzene rings is 1. The van der Waals surface area contributed by atoms with Crippen LogP contribution in [-0.4, -0.2) is 15.6 Å². The van der Waals surface area contributed by atoms with Crippen molar-refractivity contribution in [1.29, 1.82) is 0 Å². The van der Waals surface area contributed by atoms with Gasteiger partial charge >= 0.3 is 0 Å². The minimum atomic E-state index is -1.64. The molecule has 0 aliphatic carbocycles. The summed E-state index contributed by atoms with van der Waals surface area (Å²) in [5.41, 5.74) is 0.392. The van der Waals surface area contributed by atoms with Crippen LogP contribution in [0.3, 0.4) is 0 Å². The van der Waals surface area contributed by atoms with E-state index in [1.54, 1.807) is 13.2 Å². The quantitative estimate of drug-likeness (QED) is 0.280. The van der Waals surface area contributed by atoms with Crippen LogP contribution in [0, 0.1) is 23.3 Å². The predicted octanol–water partition coefficient (Wildman–Crippen LogP) is 4.04. The number of rotatable bonds is 6. The fraction of sp³-hybridized carbons (Fsp3) is 0.111. The monoisotopic (exact) mass is 380 g/mol. The molecule has 0 unspecified atom stereocenters. The van der Waals surface area contributed by atoms with Crippen LogP contribution in [0.2, 0.25) is 0 Å². The molecule has 0 saturated heterocycles. The number of ether oxygens (including phenoxy) is 1. The molecule has 1 aromatic carbocycles. The standard InChI is InChI=1S/C18H12F4N2O3/c1-24-8-10(7-23-24)15(25)5-4-11-2-3-12(27-11)9-26-18-16(21)13(19)6-14(20)17(18)22/h2-8H,9H2,1H3/b5-4+. The van der Waals surface area contributed by atoms with Gasteiger partial charge in [-0.2, -0.15) is 13.9 Å². The highest BCUT2D eigenvalue weighted by atomic mass is 19.2. The van der Waals surface area contributed by atoms with Crippen LogP contribution in [0.25, 0.3) is 6.08 Å². The van der Waals surface area contributed by atoms with Gasteiger partial charge in [-0.25, -0.2) is 8.78 Å². The second-order valence-electron chi connectivity index (χ2n) is 5.49. The van der Waals surface area contributed by atoms with Crippen molar-refractivity contribution in [2.24, 2.45) is 7.05 Å². The van der Waals surface area contributed by atoms with Crippen molar-refractivity contribution in [2.45, 2.75) is 6.61 Å². The van der Waals surface area contributed by atoms with Gasteiger partial charge in [0.25, 0.3) is 0 Å². The number of carbonyl (C=O) groups is 1. The summed E-state index contributed by atoms with van der Waals surface area (Å²) in [5.74, 6) is -7.47. The molecular weight excluding hydrogens is 368 g/mol. The topological polar surface area (TPSA) is 57.3 Å². The third-order valence-corrected chi connectivity index (χ3v) is 3.50. The molecule has 2 aromatic heterocycles. The molecule has 0 spiro atoms. The Morgan fingerprint density at radius 2 is 1.93 bits per heavy atom. The smallest absolute Gasteiger partial charge is 0.203 e. The highest BCUT2D eigenvalue weighted by molar-refractivity contribution is 6.06. The van der Waals surface area contributed by atoms with Gasteiger partial charge in [0.05, 0.1) is 11.8 Å². The van der Waals surface area contributed by atoms with E-state index in [4.69, 9.17) is 9.15 Å². The van der Waals surface area contributed by atoms with Crippen LogP contribution in [0.4, 0.5) is 17.6 Å². The molecule has 9 heteroatoms. The Hall–Kier alpha value is -3.36. The van der Waals surface area contributed by atoms with Crippen LogP contribution in [0.15, 0.2) is 41.1 Å². The first-order valence-electron chi connectivity index (χ1n) is 7.60. The van der Waals surface area contributed by atoms with Gasteiger partial charge in [-0.15, -0.1) is 0 Å². The summed E-state index contributed by atoms with van der Waals surface area (Å²) < 4.78 is 64.9. The maximum atomic E-state index is 13.5. The zero-order chi connectivity index (χ0) is 19.6. The van der Waals surface area contributed by atoms with Crippen LogP contribution in [-0.2, 0) is 13.7 Å². The van der Waals surface area contributed by atoms with Crippen molar-refractivity contribution in [3.8, 4) is 5.75 Å². The number of aryl methyl sites for hydroxylation is 1. The van der Waals surface area contributed by atoms with Gasteiger partial charge in [0, 0.05) is 19.3 Å². The molecule has 2 heterocycles. The first kappa shape index (κ1) is 18.4. The maximum absolute atomic E-state index is 13.5. The summed E-state index contributed by atoms with van der Waals surface area (Å²) in [7, 11) is 1.68. The Labute approximate surface area is 150 Å². The Morgan fingerprint density at radius 1 is 1.22 bits per heavy atom. The first-order chi connectivity index (χ1) is 12.8. The zero-order valence-corrected chi connectivity index (χ0v) is 13.9. The van der Waals surface area contributed by atoms with Crippen molar-refractivity contribution >= 4 is 11.9 Å². The largest absolute Gasteiger partial charge is 0.479 e. The Kier molecular flexibility index (Phi) is 5.11. The summed E-state index contributed by atoms with van der Waals surface area (Å²) >= 11 is 0. The Bertz CT molecular complexity index is 998. The number of hydrogen-bond acceptors (Lipinski definition) is 4. The molecule has 0 atom stereocenters. The van der Waals surface area contributed by atoms with Crippen molar-refractivity contribution in [3.63, 3.8) is 0 Å². The molecule has 0 aliphatic heterocycles. The summed E-state index contributed by atoms with van der Waals surface area (Å²) in [6.45, 7) is -0.471. The molecule has 5 nitrogen and oxygen atoms in total. The molecule has 140 valence electrons. The zero-order valence-electron chi connectivity index (χ0n) is 13.9. The Balaban J connectivity index is 1.67. The molecule has 27 heavy (non-hydrogen) atoms. The normalized spacial score (nSPS) is 11.3. The number of halogens is 4. The van der Waals surface area contributed by atoms with Gasteiger partial charge in [-0.05, 0) is 24.3 Å². The van der Waals surface area contributed by atoms with E-state index >= 15 is 0 Å². The molecule has 0 N–H and O–H groups in total. The number of allylic oxidation sites excluding steroid dienone is 1. The van der Waals surface area contributed by atoms with Crippen LogP contribution in [0.1, 0.15) is 21.9 Å². The van der Waals surface area contributed by atoms with E-state index < -0.39 is 35.6 Å². The van der Waals surface area contributed by atoms with E-state index in [9.17, 15) is 22.4 Å². The summed E-state index contributed by atoms with van der Waals surface area (Å²) in [6.07, 6.45) is 5.62. The van der Waals surface area contributed by atoms with E-state index in [1.807, 2.05) is 0 Å². The van der Waals surface area contributed by atoms with Crippen molar-refractivity contribution in [2.75, 3.05) is 0 Å². The van der Waals surface area contributed by atoms with Crippen LogP contribution < -0.4 is 4.74 Å². The van der Waals surface area contributed by atoms with E-state index in [0.717, 1.165) is 0 Å². The first-order valence-corrected chi connectivity index (χ1v) is 7.60. The highest BCUT2D eigenvalue weighted by Crippen LogP contribution is 2.27. The lowest BCUT2D eigenvalue weighted by atomic mass is 10.2. The fourth-order valence-electron chi connectivity index (χ4n) is 2.19. The number of hydrogen-bond donors (Lipinski definition) is 0. The van der Waals surface area contributed by atoms with E-state index in [1.165, 1.54) is 35.2 Å². The average Bonchev–Trinajstić information content (AvgIpc) is 3.27. The van der Waals surface area contributed by atoms with E-state index in [-0.39, 0.29) is 23.4 Å². The second kappa shape index (κ2) is 7.48. The third-order valence-electron chi connectivity index (χ3n) is 3.50. The van der Waals surface area contributed by atoms with Crippen LogP contribution >= 0.6 is 0 Å². The summed E-state index contributed by atoms with van der Waals surface area (Å²) in [4.78, 5) is 11.9. The van der Waals surface area contributed by atoms with Gasteiger partial charge in [-0.1, -0.05) is 0 Å². The van der Waals surface area contributed by atoms with Crippen LogP contribution in [0.5, 0.6) is 5.75 Å².